The van der Waals surface area contributed by atoms with Crippen molar-refractivity contribution in [2.75, 3.05) is 11.4 Å². The number of hydrogen-bond donors (Lipinski definition) is 1. The fourth-order valence-electron chi connectivity index (χ4n) is 2.58. The van der Waals surface area contributed by atoms with Crippen molar-refractivity contribution in [3.8, 4) is 5.75 Å². The second-order valence-electron chi connectivity index (χ2n) is 6.45. The number of halogens is 1. The Morgan fingerprint density at radius 2 is 1.78 bits per heavy atom. The highest BCUT2D eigenvalue weighted by molar-refractivity contribution is 6.31. The Balaban J connectivity index is 1.91. The molecule has 2 rings (SSSR count). The van der Waals surface area contributed by atoms with Gasteiger partial charge in [-0.15, -0.1) is 0 Å². The number of nitrogens with zero attached hydrogens (tertiary/aromatic N) is 1. The van der Waals surface area contributed by atoms with E-state index in [1.54, 1.807) is 11.0 Å². The Hall–Kier alpha value is -2.53. The molecular formula is C21H25ClN2O3. The van der Waals surface area contributed by atoms with Crippen LogP contribution < -0.4 is 15.0 Å². The van der Waals surface area contributed by atoms with Crippen LogP contribution in [0.3, 0.4) is 0 Å². The normalized spacial score (nSPS) is 10.6. The Bertz CT molecular complexity index is 775. The van der Waals surface area contributed by atoms with Gasteiger partial charge in [-0.05, 0) is 49.7 Å². The van der Waals surface area contributed by atoms with Crippen molar-refractivity contribution in [3.63, 3.8) is 0 Å². The Kier molecular flexibility index (Phi) is 7.67. The van der Waals surface area contributed by atoms with Crippen LogP contribution in [0.15, 0.2) is 48.5 Å². The van der Waals surface area contributed by atoms with Crippen molar-refractivity contribution in [2.24, 2.45) is 0 Å². The fraction of sp³-hybridized carbons (Fsp3) is 0.333. The summed E-state index contributed by atoms with van der Waals surface area (Å²) in [5.41, 5.74) is 1.59. The number of hydrogen-bond acceptors (Lipinski definition) is 3. The van der Waals surface area contributed by atoms with Crippen molar-refractivity contribution < 1.29 is 14.3 Å². The van der Waals surface area contributed by atoms with E-state index in [0.717, 1.165) is 17.0 Å². The molecule has 0 unspecified atom stereocenters. The van der Waals surface area contributed by atoms with Gasteiger partial charge in [0.05, 0.1) is 6.10 Å². The zero-order valence-corrected chi connectivity index (χ0v) is 16.6. The van der Waals surface area contributed by atoms with Gasteiger partial charge in [0.1, 0.15) is 5.75 Å². The molecule has 0 aliphatic rings. The van der Waals surface area contributed by atoms with Crippen LogP contribution in [0.25, 0.3) is 0 Å². The molecule has 0 heterocycles. The van der Waals surface area contributed by atoms with Gasteiger partial charge in [0.2, 0.25) is 11.8 Å². The molecule has 6 heteroatoms. The molecule has 144 valence electrons. The average molecular weight is 389 g/mol. The number of nitrogens with one attached hydrogen (secondary N) is 1. The Morgan fingerprint density at radius 3 is 2.37 bits per heavy atom. The van der Waals surface area contributed by atoms with Crippen LogP contribution in [-0.2, 0) is 16.1 Å². The number of ether oxygens (including phenoxy) is 1. The van der Waals surface area contributed by atoms with E-state index in [-0.39, 0.29) is 24.3 Å². The van der Waals surface area contributed by atoms with E-state index in [2.05, 4.69) is 5.32 Å². The topological polar surface area (TPSA) is 58.6 Å². The molecule has 0 saturated heterocycles. The predicted octanol–water partition coefficient (Wildman–Crippen LogP) is 4.19. The van der Waals surface area contributed by atoms with E-state index < -0.39 is 0 Å². The smallest absolute Gasteiger partial charge is 0.223 e. The van der Waals surface area contributed by atoms with E-state index in [0.29, 0.717) is 18.1 Å². The summed E-state index contributed by atoms with van der Waals surface area (Å²) >= 11 is 6.09. The van der Waals surface area contributed by atoms with Crippen LogP contribution in [0, 0.1) is 0 Å². The highest BCUT2D eigenvalue weighted by atomic mass is 35.5. The van der Waals surface area contributed by atoms with Crippen LogP contribution in [0.1, 0.15) is 32.8 Å². The van der Waals surface area contributed by atoms with Crippen LogP contribution in [0.5, 0.6) is 5.75 Å². The monoisotopic (exact) mass is 388 g/mol. The first-order valence-electron chi connectivity index (χ1n) is 8.91. The Morgan fingerprint density at radius 1 is 1.11 bits per heavy atom. The summed E-state index contributed by atoms with van der Waals surface area (Å²) < 4.78 is 5.61. The second kappa shape index (κ2) is 9.97. The molecule has 0 bridgehead atoms. The van der Waals surface area contributed by atoms with E-state index in [1.165, 1.54) is 6.92 Å². The number of carbonyl (C=O) groups excluding carboxylic acids is 2. The van der Waals surface area contributed by atoms with Crippen molar-refractivity contribution >= 4 is 29.1 Å². The summed E-state index contributed by atoms with van der Waals surface area (Å²) in [7, 11) is 0. The lowest BCUT2D eigenvalue weighted by Gasteiger charge is -2.21. The fourth-order valence-corrected chi connectivity index (χ4v) is 2.79. The molecule has 2 aromatic rings. The summed E-state index contributed by atoms with van der Waals surface area (Å²) in [6.45, 7) is 6.06. The molecule has 2 amide bonds. The minimum absolute atomic E-state index is 0.0848. The van der Waals surface area contributed by atoms with Gasteiger partial charge in [-0.2, -0.15) is 0 Å². The van der Waals surface area contributed by atoms with Gasteiger partial charge < -0.3 is 15.0 Å². The molecule has 27 heavy (non-hydrogen) atoms. The first kappa shape index (κ1) is 20.8. The number of carbonyl (C=O) groups is 2. The molecular weight excluding hydrogens is 364 g/mol. The minimum Gasteiger partial charge on any atom is -0.491 e. The summed E-state index contributed by atoms with van der Waals surface area (Å²) in [6.07, 6.45) is 0.287. The maximum absolute atomic E-state index is 12.1. The van der Waals surface area contributed by atoms with Crippen molar-refractivity contribution in [1.82, 2.24) is 5.32 Å². The van der Waals surface area contributed by atoms with Gasteiger partial charge in [-0.3, -0.25) is 9.59 Å². The van der Waals surface area contributed by atoms with Gasteiger partial charge in [0, 0.05) is 37.1 Å². The highest BCUT2D eigenvalue weighted by Gasteiger charge is 2.14. The van der Waals surface area contributed by atoms with E-state index in [1.807, 2.05) is 56.3 Å². The molecule has 0 saturated carbocycles. The maximum Gasteiger partial charge on any atom is 0.223 e. The molecule has 0 aliphatic heterocycles. The zero-order valence-electron chi connectivity index (χ0n) is 15.9. The lowest BCUT2D eigenvalue weighted by Crippen LogP contribution is -2.33. The first-order chi connectivity index (χ1) is 12.9. The van der Waals surface area contributed by atoms with Crippen molar-refractivity contribution in [2.45, 2.75) is 39.8 Å². The molecule has 0 radical (unpaired) electrons. The number of amides is 2. The summed E-state index contributed by atoms with van der Waals surface area (Å²) in [4.78, 5) is 25.7. The average Bonchev–Trinajstić information content (AvgIpc) is 2.62. The largest absolute Gasteiger partial charge is 0.491 e. The molecule has 0 aromatic heterocycles. The minimum atomic E-state index is -0.138. The third-order valence-electron chi connectivity index (χ3n) is 3.90. The summed E-state index contributed by atoms with van der Waals surface area (Å²) in [6, 6.07) is 14.7. The van der Waals surface area contributed by atoms with Crippen LogP contribution in [0.4, 0.5) is 5.69 Å². The SMILES string of the molecule is CC(=O)N(CCC(=O)NCc1ccccc1Cl)c1ccc(OC(C)C)cc1. The summed E-state index contributed by atoms with van der Waals surface area (Å²) in [5, 5.41) is 3.45. The van der Waals surface area contributed by atoms with Crippen molar-refractivity contribution in [3.05, 3.63) is 59.1 Å². The number of rotatable bonds is 8. The lowest BCUT2D eigenvalue weighted by molar-refractivity contribution is -0.121. The van der Waals surface area contributed by atoms with E-state index >= 15 is 0 Å². The van der Waals surface area contributed by atoms with Gasteiger partial charge in [0.15, 0.2) is 0 Å². The van der Waals surface area contributed by atoms with Crippen molar-refractivity contribution in [1.29, 1.82) is 0 Å². The molecule has 1 N–H and O–H groups in total. The molecule has 2 aromatic carbocycles. The second-order valence-corrected chi connectivity index (χ2v) is 6.86. The molecule has 0 fully saturated rings. The number of benzene rings is 2. The van der Waals surface area contributed by atoms with Gasteiger partial charge in [-0.25, -0.2) is 0 Å². The Labute approximate surface area is 165 Å². The van der Waals surface area contributed by atoms with E-state index in [9.17, 15) is 9.59 Å². The highest BCUT2D eigenvalue weighted by Crippen LogP contribution is 2.21. The molecule has 5 nitrogen and oxygen atoms in total. The predicted molar refractivity (Wildman–Crippen MR) is 108 cm³/mol. The summed E-state index contributed by atoms with van der Waals surface area (Å²) in [5.74, 6) is 0.488. The van der Waals surface area contributed by atoms with E-state index in [4.69, 9.17) is 16.3 Å². The molecule has 0 aliphatic carbocycles. The first-order valence-corrected chi connectivity index (χ1v) is 9.29. The van der Waals surface area contributed by atoms with Gasteiger partial charge in [-0.1, -0.05) is 29.8 Å². The number of anilines is 1. The van der Waals surface area contributed by atoms with Crippen LogP contribution in [0.2, 0.25) is 5.02 Å². The van der Waals surface area contributed by atoms with Crippen LogP contribution in [-0.4, -0.2) is 24.5 Å². The lowest BCUT2D eigenvalue weighted by atomic mass is 10.2. The van der Waals surface area contributed by atoms with Gasteiger partial charge in [0.25, 0.3) is 0 Å². The van der Waals surface area contributed by atoms with Crippen LogP contribution >= 0.6 is 11.6 Å². The third kappa shape index (κ3) is 6.61. The standard InChI is InChI=1S/C21H25ClN2O3/c1-15(2)27-19-10-8-18(9-11-19)24(16(3)25)13-12-21(26)23-14-17-6-4-5-7-20(17)22/h4-11,15H,12-14H2,1-3H3,(H,23,26). The maximum atomic E-state index is 12.1. The molecule has 0 atom stereocenters. The zero-order chi connectivity index (χ0) is 19.8. The van der Waals surface area contributed by atoms with Gasteiger partial charge >= 0.3 is 0 Å². The molecule has 0 spiro atoms. The quantitative estimate of drug-likeness (QED) is 0.737. The third-order valence-corrected chi connectivity index (χ3v) is 4.27.